The number of aromatic nitrogens is 3. The third-order valence-electron chi connectivity index (χ3n) is 4.56. The van der Waals surface area contributed by atoms with Gasteiger partial charge in [-0.3, -0.25) is 5.10 Å². The van der Waals surface area contributed by atoms with Crippen molar-refractivity contribution in [2.24, 2.45) is 0 Å². The number of nitrogens with one attached hydrogen (secondary N) is 2. The molecule has 0 spiro atoms. The molecule has 5 rings (SSSR count). The highest BCUT2D eigenvalue weighted by atomic mass is 32.1. The van der Waals surface area contributed by atoms with Crippen molar-refractivity contribution in [3.05, 3.63) is 72.4 Å². The largest absolute Gasteiger partial charge is 0.504 e. The van der Waals surface area contributed by atoms with Crippen molar-refractivity contribution in [3.8, 4) is 17.0 Å². The minimum Gasteiger partial charge on any atom is -0.504 e. The van der Waals surface area contributed by atoms with Crippen LogP contribution in [-0.2, 0) is 6.54 Å². The molecule has 3 N–H and O–H groups in total. The van der Waals surface area contributed by atoms with Gasteiger partial charge in [0.25, 0.3) is 0 Å². The number of benzene rings is 2. The molecule has 0 amide bonds. The third kappa shape index (κ3) is 2.80. The van der Waals surface area contributed by atoms with Gasteiger partial charge in [-0.1, -0.05) is 42.5 Å². The van der Waals surface area contributed by atoms with E-state index in [4.69, 9.17) is 0 Å². The van der Waals surface area contributed by atoms with Crippen LogP contribution in [0.25, 0.3) is 31.6 Å². The Hall–Kier alpha value is -3.38. The zero-order chi connectivity index (χ0) is 18.2. The third-order valence-corrected chi connectivity index (χ3v) is 5.74. The van der Waals surface area contributed by atoms with Crippen LogP contribution in [0.15, 0.2) is 66.9 Å². The number of fused-ring (bicyclic) bond motifs is 3. The zero-order valence-electron chi connectivity index (χ0n) is 14.3. The normalized spacial score (nSPS) is 11.3. The number of pyridine rings is 1. The van der Waals surface area contributed by atoms with Gasteiger partial charge >= 0.3 is 0 Å². The van der Waals surface area contributed by atoms with Gasteiger partial charge in [-0.2, -0.15) is 5.10 Å². The molecule has 27 heavy (non-hydrogen) atoms. The van der Waals surface area contributed by atoms with E-state index in [1.165, 1.54) is 14.8 Å². The lowest BCUT2D eigenvalue weighted by molar-refractivity contribution is 0.475. The molecule has 2 aromatic carbocycles. The Morgan fingerprint density at radius 1 is 1.00 bits per heavy atom. The SMILES string of the molecule is Oc1cccnc1NCc1ccc(-c2n[nH]c3c2sc2ccccc23)cc1. The number of nitrogens with zero attached hydrogens (tertiary/aromatic N) is 2. The average Bonchev–Trinajstić information content (AvgIpc) is 3.27. The maximum atomic E-state index is 9.78. The monoisotopic (exact) mass is 372 g/mol. The van der Waals surface area contributed by atoms with Crippen molar-refractivity contribution in [1.82, 2.24) is 15.2 Å². The molecule has 5 nitrogen and oxygen atoms in total. The van der Waals surface area contributed by atoms with Gasteiger partial charge in [0.15, 0.2) is 11.6 Å². The first kappa shape index (κ1) is 15.8. The first-order valence-electron chi connectivity index (χ1n) is 8.62. The summed E-state index contributed by atoms with van der Waals surface area (Å²) in [6.07, 6.45) is 1.65. The van der Waals surface area contributed by atoms with Gasteiger partial charge in [0, 0.05) is 28.4 Å². The summed E-state index contributed by atoms with van der Waals surface area (Å²) in [5.41, 5.74) is 4.26. The van der Waals surface area contributed by atoms with Crippen molar-refractivity contribution < 1.29 is 5.11 Å². The molecule has 0 unspecified atom stereocenters. The maximum Gasteiger partial charge on any atom is 0.168 e. The van der Waals surface area contributed by atoms with E-state index >= 15 is 0 Å². The number of thiophene rings is 1. The number of H-pyrrole nitrogens is 1. The summed E-state index contributed by atoms with van der Waals surface area (Å²) >= 11 is 1.76. The fourth-order valence-electron chi connectivity index (χ4n) is 3.18. The van der Waals surface area contributed by atoms with E-state index in [2.05, 4.69) is 69.0 Å². The number of aromatic amines is 1. The summed E-state index contributed by atoms with van der Waals surface area (Å²) in [7, 11) is 0. The standard InChI is InChI=1S/C21H16N4OS/c26-16-5-3-11-22-21(16)23-12-13-7-9-14(10-8-13)18-20-19(25-24-18)15-4-1-2-6-17(15)27-20/h1-11,26H,12H2,(H,22,23)(H,24,25). The van der Waals surface area contributed by atoms with Gasteiger partial charge in [-0.05, 0) is 23.8 Å². The molecule has 0 bridgehead atoms. The Morgan fingerprint density at radius 3 is 2.70 bits per heavy atom. The van der Waals surface area contributed by atoms with Crippen LogP contribution in [0.3, 0.4) is 0 Å². The highest BCUT2D eigenvalue weighted by Crippen LogP contribution is 2.38. The Morgan fingerprint density at radius 2 is 1.85 bits per heavy atom. The predicted octanol–water partition coefficient (Wildman–Crippen LogP) is 5.16. The molecule has 3 aromatic heterocycles. The van der Waals surface area contributed by atoms with Crippen LogP contribution in [0.2, 0.25) is 0 Å². The summed E-state index contributed by atoms with van der Waals surface area (Å²) in [5, 5.41) is 21.9. The summed E-state index contributed by atoms with van der Waals surface area (Å²) in [6, 6.07) is 20.0. The van der Waals surface area contributed by atoms with Crippen LogP contribution in [0.5, 0.6) is 5.75 Å². The Kier molecular flexibility index (Phi) is 3.76. The van der Waals surface area contributed by atoms with Crippen molar-refractivity contribution in [1.29, 1.82) is 0 Å². The van der Waals surface area contributed by atoms with Gasteiger partial charge in [0.1, 0.15) is 5.69 Å². The number of anilines is 1. The van der Waals surface area contributed by atoms with E-state index < -0.39 is 0 Å². The lowest BCUT2D eigenvalue weighted by atomic mass is 10.1. The van der Waals surface area contributed by atoms with Crippen LogP contribution >= 0.6 is 11.3 Å². The van der Waals surface area contributed by atoms with E-state index in [-0.39, 0.29) is 5.75 Å². The molecule has 6 heteroatoms. The Balaban J connectivity index is 1.42. The molecule has 5 aromatic rings. The molecular weight excluding hydrogens is 356 g/mol. The lowest BCUT2D eigenvalue weighted by Crippen LogP contribution is -2.01. The van der Waals surface area contributed by atoms with Crippen LogP contribution in [0.1, 0.15) is 5.56 Å². The summed E-state index contributed by atoms with van der Waals surface area (Å²) < 4.78 is 2.44. The van der Waals surface area contributed by atoms with Gasteiger partial charge < -0.3 is 10.4 Å². The summed E-state index contributed by atoms with van der Waals surface area (Å²) in [6.45, 7) is 0.587. The van der Waals surface area contributed by atoms with Crippen molar-refractivity contribution in [3.63, 3.8) is 0 Å². The van der Waals surface area contributed by atoms with E-state index in [9.17, 15) is 5.11 Å². The molecule has 0 saturated carbocycles. The second kappa shape index (κ2) is 6.41. The predicted molar refractivity (Wildman–Crippen MR) is 110 cm³/mol. The number of aromatic hydroxyl groups is 1. The van der Waals surface area contributed by atoms with Crippen molar-refractivity contribution >= 4 is 37.5 Å². The zero-order valence-corrected chi connectivity index (χ0v) is 15.1. The Labute approximate surface area is 159 Å². The maximum absolute atomic E-state index is 9.78. The van der Waals surface area contributed by atoms with Gasteiger partial charge in [-0.25, -0.2) is 4.98 Å². The fraction of sp³-hybridized carbons (Fsp3) is 0.0476. The number of hydrogen-bond acceptors (Lipinski definition) is 5. The van der Waals surface area contributed by atoms with Crippen LogP contribution in [0.4, 0.5) is 5.82 Å². The minimum atomic E-state index is 0.151. The lowest BCUT2D eigenvalue weighted by Gasteiger charge is -2.07. The van der Waals surface area contributed by atoms with Gasteiger partial charge in [0.05, 0.1) is 10.2 Å². The van der Waals surface area contributed by atoms with E-state index in [0.717, 1.165) is 22.3 Å². The molecule has 0 aliphatic rings. The number of hydrogen-bond donors (Lipinski definition) is 3. The molecule has 0 aliphatic heterocycles. The second-order valence-electron chi connectivity index (χ2n) is 6.30. The van der Waals surface area contributed by atoms with E-state index in [0.29, 0.717) is 12.4 Å². The van der Waals surface area contributed by atoms with Crippen LogP contribution < -0.4 is 5.32 Å². The quantitative estimate of drug-likeness (QED) is 0.407. The minimum absolute atomic E-state index is 0.151. The summed E-state index contributed by atoms with van der Waals surface area (Å²) in [5.74, 6) is 0.638. The topological polar surface area (TPSA) is 73.8 Å². The first-order valence-corrected chi connectivity index (χ1v) is 9.44. The highest BCUT2D eigenvalue weighted by Gasteiger charge is 2.13. The molecule has 0 saturated heterocycles. The molecule has 0 atom stereocenters. The van der Waals surface area contributed by atoms with E-state index in [1.54, 1.807) is 29.7 Å². The van der Waals surface area contributed by atoms with Crippen LogP contribution in [-0.4, -0.2) is 20.3 Å². The molecule has 0 fully saturated rings. The van der Waals surface area contributed by atoms with Crippen molar-refractivity contribution in [2.45, 2.75) is 6.54 Å². The molecule has 3 heterocycles. The highest BCUT2D eigenvalue weighted by molar-refractivity contribution is 7.26. The molecule has 0 radical (unpaired) electrons. The first-order chi connectivity index (χ1) is 13.3. The van der Waals surface area contributed by atoms with Crippen molar-refractivity contribution in [2.75, 3.05) is 5.32 Å². The number of rotatable bonds is 4. The van der Waals surface area contributed by atoms with Crippen LogP contribution in [0, 0.1) is 0 Å². The fourth-order valence-corrected chi connectivity index (χ4v) is 4.35. The summed E-state index contributed by atoms with van der Waals surface area (Å²) in [4.78, 5) is 4.13. The smallest absolute Gasteiger partial charge is 0.168 e. The van der Waals surface area contributed by atoms with Gasteiger partial charge in [-0.15, -0.1) is 11.3 Å². The molecular formula is C21H16N4OS. The second-order valence-corrected chi connectivity index (χ2v) is 7.35. The Bertz CT molecular complexity index is 1240. The van der Waals surface area contributed by atoms with Gasteiger partial charge in [0.2, 0.25) is 0 Å². The van der Waals surface area contributed by atoms with E-state index in [1.807, 2.05) is 0 Å². The molecule has 132 valence electrons. The average molecular weight is 372 g/mol. The molecule has 0 aliphatic carbocycles.